The zero-order valence-corrected chi connectivity index (χ0v) is 9.36. The van der Waals surface area contributed by atoms with Gasteiger partial charge in [-0.3, -0.25) is 0 Å². The van der Waals surface area contributed by atoms with Gasteiger partial charge in [-0.15, -0.1) is 0 Å². The molecule has 0 aliphatic heterocycles. The summed E-state index contributed by atoms with van der Waals surface area (Å²) in [4.78, 5) is 9.29. The molecule has 0 bridgehead atoms. The van der Waals surface area contributed by atoms with Crippen LogP contribution in [0.25, 0.3) is 22.1 Å². The molecule has 0 saturated heterocycles. The Balaban J connectivity index is 2.51. The summed E-state index contributed by atoms with van der Waals surface area (Å²) in [5.41, 5.74) is 3.91. The predicted octanol–water partition coefficient (Wildman–Crippen LogP) is 0.371. The van der Waals surface area contributed by atoms with Crippen LogP contribution in [0.4, 0.5) is 0 Å². The van der Waals surface area contributed by atoms with Crippen LogP contribution < -0.4 is 8.47 Å². The monoisotopic (exact) mass is 192 g/mol. The molecule has 1 heterocycles. The van der Waals surface area contributed by atoms with E-state index in [0.717, 1.165) is 22.1 Å². The molecule has 0 amide bonds. The second-order valence-electron chi connectivity index (χ2n) is 4.09. The van der Waals surface area contributed by atoms with Gasteiger partial charge in [0.1, 0.15) is 0 Å². The first-order valence-electron chi connectivity index (χ1n) is 5.38. The van der Waals surface area contributed by atoms with Crippen LogP contribution in [0.5, 0.6) is 0 Å². The van der Waals surface area contributed by atoms with E-state index in [0.29, 0.717) is 0 Å². The van der Waals surface area contributed by atoms with Crippen LogP contribution in [0.2, 0.25) is 0 Å². The zero-order chi connectivity index (χ0) is 11.1. The van der Waals surface area contributed by atoms with Crippen LogP contribution >= 0.6 is 0 Å². The molecule has 4 heteroatoms. The van der Waals surface area contributed by atoms with Crippen molar-refractivity contribution in [2.45, 2.75) is 0 Å². The van der Waals surface area contributed by atoms with Gasteiger partial charge in [-0.25, -0.2) is 0 Å². The fourth-order valence-corrected chi connectivity index (χ4v) is 1.92. The van der Waals surface area contributed by atoms with E-state index in [1.54, 1.807) is 0 Å². The van der Waals surface area contributed by atoms with Crippen molar-refractivity contribution in [3.63, 3.8) is 0 Å². The van der Waals surface area contributed by atoms with Crippen LogP contribution in [-0.2, 0) is 0 Å². The third-order valence-electron chi connectivity index (χ3n) is 3.04. The fourth-order valence-electron chi connectivity index (χ4n) is 1.92. The molecule has 2 aromatic carbocycles. The van der Waals surface area contributed by atoms with Gasteiger partial charge in [-0.2, -0.15) is 0 Å². The van der Waals surface area contributed by atoms with Gasteiger partial charge in [0.15, 0.2) is 0 Å². The van der Waals surface area contributed by atoms with Crippen molar-refractivity contribution >= 4 is 66.0 Å². The average molecular weight is 192 g/mol. The molecule has 0 fully saturated rings. The molecule has 0 spiro atoms. The number of hydrogen-bond donors (Lipinski definition) is 0. The second-order valence-corrected chi connectivity index (χ2v) is 4.09. The Morgan fingerprint density at radius 3 is 2.19 bits per heavy atom. The first-order chi connectivity index (χ1) is 7.75. The first kappa shape index (κ1) is 10.4. The van der Waals surface area contributed by atoms with E-state index in [2.05, 4.69) is 51.5 Å². The standard InChI is InChI=1S/C12H6N2.2Li/c1-2-6-10-9(5-1)13-11-7-3-4-8-12(11)14-10;;/h1-3,5-7H;;. The number of aromatic nitrogens is 2. The van der Waals surface area contributed by atoms with Crippen molar-refractivity contribution in [3.05, 3.63) is 36.4 Å². The molecule has 0 N–H and O–H groups in total. The van der Waals surface area contributed by atoms with Gasteiger partial charge in [0.25, 0.3) is 0 Å². The Kier molecular flexibility index (Phi) is 2.54. The van der Waals surface area contributed by atoms with Gasteiger partial charge in [0.05, 0.1) is 0 Å². The maximum absolute atomic E-state index is 4.68. The van der Waals surface area contributed by atoms with E-state index < -0.39 is 0 Å². The molecule has 0 saturated carbocycles. The molecule has 3 aromatic rings. The van der Waals surface area contributed by atoms with E-state index in [4.69, 9.17) is 0 Å². The minimum absolute atomic E-state index is 0.957. The average Bonchev–Trinajstić information content (AvgIpc) is 2.32. The number of nitrogens with zero attached hydrogens (tertiary/aromatic N) is 2. The molecule has 0 atom stereocenters. The van der Waals surface area contributed by atoms with Crippen molar-refractivity contribution in [1.29, 1.82) is 0 Å². The molecule has 3 rings (SSSR count). The van der Waals surface area contributed by atoms with Gasteiger partial charge in [-0.1, -0.05) is 0 Å². The van der Waals surface area contributed by atoms with Crippen LogP contribution in [0, 0.1) is 0 Å². The Labute approximate surface area is 112 Å². The Morgan fingerprint density at radius 2 is 1.44 bits per heavy atom. The minimum atomic E-state index is 0.957. The summed E-state index contributed by atoms with van der Waals surface area (Å²) in [7, 11) is 0. The Hall–Kier alpha value is -0.765. The number of fused-ring (bicyclic) bond motifs is 2. The Bertz CT molecular complexity index is 695. The van der Waals surface area contributed by atoms with Crippen LogP contribution in [0.3, 0.4) is 0 Å². The normalized spacial score (nSPS) is 11.2. The van der Waals surface area contributed by atoms with Crippen molar-refractivity contribution in [1.82, 2.24) is 9.97 Å². The zero-order valence-electron chi connectivity index (χ0n) is 9.36. The van der Waals surface area contributed by atoms with E-state index in [1.165, 1.54) is 8.47 Å². The predicted molar refractivity (Wildman–Crippen MR) is 67.8 cm³/mol. The van der Waals surface area contributed by atoms with Crippen molar-refractivity contribution in [2.75, 3.05) is 0 Å². The summed E-state index contributed by atoms with van der Waals surface area (Å²) in [5, 5.41) is 0. The van der Waals surface area contributed by atoms with Crippen LogP contribution in [0.15, 0.2) is 36.4 Å². The molecule has 1 aromatic heterocycles. The fraction of sp³-hybridized carbons (Fsp3) is 0. The Morgan fingerprint density at radius 1 is 0.750 bits per heavy atom. The molecule has 16 heavy (non-hydrogen) atoms. The number of hydrogen-bond acceptors (Lipinski definition) is 2. The van der Waals surface area contributed by atoms with E-state index in [1.807, 2.05) is 30.3 Å². The molecular weight excluding hydrogens is 186 g/mol. The topological polar surface area (TPSA) is 25.8 Å². The summed E-state index contributed by atoms with van der Waals surface area (Å²) < 4.78 is 2.48. The molecule has 0 unspecified atom stereocenters. The second kappa shape index (κ2) is 3.92. The van der Waals surface area contributed by atoms with Crippen LogP contribution in [0.1, 0.15) is 0 Å². The molecule has 0 radical (unpaired) electrons. The third-order valence-corrected chi connectivity index (χ3v) is 3.04. The summed E-state index contributed by atoms with van der Waals surface area (Å²) in [6.45, 7) is 0. The van der Waals surface area contributed by atoms with Gasteiger partial charge < -0.3 is 0 Å². The van der Waals surface area contributed by atoms with Crippen molar-refractivity contribution < 1.29 is 0 Å². The molecule has 2 nitrogen and oxygen atoms in total. The number of para-hydroxylation sites is 2. The van der Waals surface area contributed by atoms with Crippen molar-refractivity contribution in [2.24, 2.45) is 0 Å². The molecule has 0 aliphatic carbocycles. The summed E-state index contributed by atoms with van der Waals surface area (Å²) >= 11 is 4.20. The third kappa shape index (κ3) is 1.60. The van der Waals surface area contributed by atoms with E-state index >= 15 is 0 Å². The molecule has 66 valence electrons. The van der Waals surface area contributed by atoms with E-state index in [9.17, 15) is 0 Å². The van der Waals surface area contributed by atoms with Crippen LogP contribution in [-0.4, -0.2) is 45.4 Å². The van der Waals surface area contributed by atoms with Gasteiger partial charge in [0.2, 0.25) is 0 Å². The summed E-state index contributed by atoms with van der Waals surface area (Å²) in [5.74, 6) is 0. The maximum atomic E-state index is 4.68. The van der Waals surface area contributed by atoms with Crippen molar-refractivity contribution in [3.8, 4) is 0 Å². The quantitative estimate of drug-likeness (QED) is 0.380. The number of rotatable bonds is 0. The summed E-state index contributed by atoms with van der Waals surface area (Å²) in [6.07, 6.45) is 0. The summed E-state index contributed by atoms with van der Waals surface area (Å²) in [6, 6.07) is 12.1. The van der Waals surface area contributed by atoms with Gasteiger partial charge in [-0.05, 0) is 0 Å². The van der Waals surface area contributed by atoms with Gasteiger partial charge in [0, 0.05) is 0 Å². The first-order valence-corrected chi connectivity index (χ1v) is 5.38. The number of benzene rings is 2. The SMILES string of the molecule is [Li][c]1ccc2nc3ccccc3nc2[c]1[Li]. The van der Waals surface area contributed by atoms with Gasteiger partial charge >= 0.3 is 112 Å². The molecular formula is C12H6Li2N2. The molecule has 0 aliphatic rings. The van der Waals surface area contributed by atoms with E-state index in [-0.39, 0.29) is 0 Å².